The highest BCUT2D eigenvalue weighted by Gasteiger charge is 2.29. The number of pyridine rings is 1. The molecule has 0 radical (unpaired) electrons. The molecule has 1 aromatic carbocycles. The van der Waals surface area contributed by atoms with Crippen molar-refractivity contribution in [3.05, 3.63) is 40.2 Å². The highest BCUT2D eigenvalue weighted by molar-refractivity contribution is 5.95. The minimum Gasteiger partial charge on any atom is -0.444 e. The van der Waals surface area contributed by atoms with Crippen molar-refractivity contribution in [3.8, 4) is 0 Å². The van der Waals surface area contributed by atoms with Crippen LogP contribution in [0.4, 0.5) is 10.5 Å². The Kier molecular flexibility index (Phi) is 5.45. The van der Waals surface area contributed by atoms with E-state index in [0.29, 0.717) is 42.7 Å². The first kappa shape index (κ1) is 19.9. The topological polar surface area (TPSA) is 91.5 Å². The zero-order valence-electron chi connectivity index (χ0n) is 16.8. The number of amides is 2. The highest BCUT2D eigenvalue weighted by atomic mass is 16.6. The van der Waals surface area contributed by atoms with Gasteiger partial charge < -0.3 is 19.9 Å². The maximum atomic E-state index is 12.6. The van der Waals surface area contributed by atoms with Crippen LogP contribution >= 0.6 is 0 Å². The van der Waals surface area contributed by atoms with Gasteiger partial charge in [-0.15, -0.1) is 0 Å². The first-order valence-electron chi connectivity index (χ1n) is 9.55. The second-order valence-electron chi connectivity index (χ2n) is 8.31. The minimum absolute atomic E-state index is 0.0716. The van der Waals surface area contributed by atoms with E-state index in [1.54, 1.807) is 17.9 Å². The van der Waals surface area contributed by atoms with E-state index in [1.807, 2.05) is 39.0 Å². The molecule has 2 heterocycles. The van der Waals surface area contributed by atoms with Crippen molar-refractivity contribution in [2.45, 2.75) is 46.1 Å². The molecule has 7 nitrogen and oxygen atoms in total. The Labute approximate surface area is 164 Å². The molecule has 0 saturated carbocycles. The van der Waals surface area contributed by atoms with Crippen molar-refractivity contribution in [1.29, 1.82) is 0 Å². The van der Waals surface area contributed by atoms with Gasteiger partial charge in [0.25, 0.3) is 5.56 Å². The van der Waals surface area contributed by atoms with Crippen molar-refractivity contribution < 1.29 is 14.3 Å². The molecular formula is C21H27N3O4. The number of aryl methyl sites for hydroxylation is 1. The number of H-pyrrole nitrogens is 1. The number of carbonyl (C=O) groups is 2. The van der Waals surface area contributed by atoms with E-state index in [1.165, 1.54) is 0 Å². The number of rotatable bonds is 2. The predicted molar refractivity (Wildman–Crippen MR) is 108 cm³/mol. The molecule has 1 fully saturated rings. The van der Waals surface area contributed by atoms with Gasteiger partial charge in [0.1, 0.15) is 5.60 Å². The lowest BCUT2D eigenvalue weighted by atomic mass is 9.96. The fourth-order valence-electron chi connectivity index (χ4n) is 3.28. The predicted octanol–water partition coefficient (Wildman–Crippen LogP) is 3.42. The van der Waals surface area contributed by atoms with Crippen molar-refractivity contribution in [2.75, 3.05) is 18.4 Å². The van der Waals surface area contributed by atoms with Crippen molar-refractivity contribution in [3.63, 3.8) is 0 Å². The number of nitrogens with zero attached hydrogens (tertiary/aromatic N) is 1. The molecule has 28 heavy (non-hydrogen) atoms. The summed E-state index contributed by atoms with van der Waals surface area (Å²) in [5, 5.41) is 3.84. The van der Waals surface area contributed by atoms with E-state index in [4.69, 9.17) is 4.74 Å². The summed E-state index contributed by atoms with van der Waals surface area (Å²) in [7, 11) is 0. The summed E-state index contributed by atoms with van der Waals surface area (Å²) in [6.45, 7) is 8.27. The van der Waals surface area contributed by atoms with Gasteiger partial charge in [0, 0.05) is 30.3 Å². The molecule has 1 aromatic heterocycles. The van der Waals surface area contributed by atoms with Gasteiger partial charge >= 0.3 is 6.09 Å². The Bertz CT molecular complexity index is 950. The third-order valence-electron chi connectivity index (χ3n) is 4.82. The lowest BCUT2D eigenvalue weighted by molar-refractivity contribution is -0.121. The average Bonchev–Trinajstić information content (AvgIpc) is 2.61. The Morgan fingerprint density at radius 2 is 1.86 bits per heavy atom. The number of ether oxygens (including phenoxy) is 1. The van der Waals surface area contributed by atoms with Crippen LogP contribution in [0.1, 0.15) is 39.2 Å². The number of aromatic nitrogens is 1. The number of nitrogens with one attached hydrogen (secondary N) is 2. The molecule has 2 aromatic rings. The first-order chi connectivity index (χ1) is 13.1. The van der Waals surface area contributed by atoms with Gasteiger partial charge in [-0.2, -0.15) is 0 Å². The Morgan fingerprint density at radius 1 is 1.18 bits per heavy atom. The third-order valence-corrected chi connectivity index (χ3v) is 4.82. The number of hydrogen-bond acceptors (Lipinski definition) is 4. The number of benzene rings is 1. The molecule has 1 aliphatic heterocycles. The maximum absolute atomic E-state index is 12.6. The zero-order valence-corrected chi connectivity index (χ0v) is 16.8. The van der Waals surface area contributed by atoms with Crippen molar-refractivity contribution >= 4 is 28.6 Å². The zero-order chi connectivity index (χ0) is 20.5. The van der Waals surface area contributed by atoms with Crippen LogP contribution in [-0.4, -0.2) is 40.6 Å². The second kappa shape index (κ2) is 7.66. The fraction of sp³-hybridized carbons (Fsp3) is 0.476. The van der Waals surface area contributed by atoms with Gasteiger partial charge in [-0.1, -0.05) is 6.07 Å². The highest BCUT2D eigenvalue weighted by Crippen LogP contribution is 2.23. The molecule has 150 valence electrons. The van der Waals surface area contributed by atoms with Crippen LogP contribution in [0.25, 0.3) is 10.9 Å². The van der Waals surface area contributed by atoms with Gasteiger partial charge in [-0.25, -0.2) is 4.79 Å². The normalized spacial score (nSPS) is 15.5. The van der Waals surface area contributed by atoms with Crippen LogP contribution in [0.15, 0.2) is 29.1 Å². The van der Waals surface area contributed by atoms with Crippen LogP contribution in [0.3, 0.4) is 0 Å². The van der Waals surface area contributed by atoms with Crippen LogP contribution in [0, 0.1) is 12.8 Å². The second-order valence-corrected chi connectivity index (χ2v) is 8.31. The summed E-state index contributed by atoms with van der Waals surface area (Å²) >= 11 is 0. The van der Waals surface area contributed by atoms with Gasteiger partial charge in [-0.3, -0.25) is 9.59 Å². The Hall–Kier alpha value is -2.83. The molecule has 3 rings (SSSR count). The average molecular weight is 385 g/mol. The summed E-state index contributed by atoms with van der Waals surface area (Å²) in [6, 6.07) is 7.29. The van der Waals surface area contributed by atoms with Crippen molar-refractivity contribution in [2.24, 2.45) is 5.92 Å². The molecule has 1 aliphatic rings. The number of piperidine rings is 1. The number of anilines is 1. The third kappa shape index (κ3) is 4.71. The Balaban J connectivity index is 1.60. The quantitative estimate of drug-likeness (QED) is 0.829. The monoisotopic (exact) mass is 385 g/mol. The molecule has 1 saturated heterocycles. The van der Waals surface area contributed by atoms with E-state index in [9.17, 15) is 14.4 Å². The number of carbonyl (C=O) groups excluding carboxylic acids is 2. The lowest BCUT2D eigenvalue weighted by Gasteiger charge is -2.32. The number of fused-ring (bicyclic) bond motifs is 1. The van der Waals surface area contributed by atoms with Crippen molar-refractivity contribution in [1.82, 2.24) is 9.88 Å². The molecule has 0 spiro atoms. The molecule has 0 bridgehead atoms. The van der Waals surface area contributed by atoms with E-state index in [0.717, 1.165) is 5.39 Å². The van der Waals surface area contributed by atoms with Gasteiger partial charge in [0.05, 0.1) is 5.52 Å². The van der Waals surface area contributed by atoms with E-state index in [2.05, 4.69) is 10.3 Å². The number of aromatic amines is 1. The molecule has 7 heteroatoms. The SMILES string of the molecule is Cc1cc2ccc(NC(=O)C3CCN(C(=O)OC(C)(C)C)CC3)cc2[nH]c1=O. The van der Waals surface area contributed by atoms with Gasteiger partial charge in [-0.05, 0) is 64.1 Å². The van der Waals surface area contributed by atoms with E-state index in [-0.39, 0.29) is 23.5 Å². The van der Waals surface area contributed by atoms with E-state index >= 15 is 0 Å². The summed E-state index contributed by atoms with van der Waals surface area (Å²) in [5.41, 5.74) is 1.33. The smallest absolute Gasteiger partial charge is 0.410 e. The summed E-state index contributed by atoms with van der Waals surface area (Å²) in [6.07, 6.45) is 0.851. The fourth-order valence-corrected chi connectivity index (χ4v) is 3.28. The maximum Gasteiger partial charge on any atom is 0.410 e. The molecular weight excluding hydrogens is 358 g/mol. The van der Waals surface area contributed by atoms with Crippen LogP contribution in [0.5, 0.6) is 0 Å². The van der Waals surface area contributed by atoms with E-state index < -0.39 is 5.60 Å². The van der Waals surface area contributed by atoms with Crippen LogP contribution in [-0.2, 0) is 9.53 Å². The standard InChI is InChI=1S/C21H27N3O4/c1-13-11-15-5-6-16(12-17(15)23-18(13)25)22-19(26)14-7-9-24(10-8-14)20(27)28-21(2,3)4/h5-6,11-12,14H,7-10H2,1-4H3,(H,22,26)(H,23,25). The summed E-state index contributed by atoms with van der Waals surface area (Å²) in [5.74, 6) is -0.232. The van der Waals surface area contributed by atoms with Gasteiger partial charge in [0.2, 0.25) is 5.91 Å². The number of likely N-dealkylation sites (tertiary alicyclic amines) is 1. The summed E-state index contributed by atoms with van der Waals surface area (Å²) in [4.78, 5) is 41.0. The van der Waals surface area contributed by atoms with Crippen LogP contribution in [0.2, 0.25) is 0 Å². The van der Waals surface area contributed by atoms with Crippen LogP contribution < -0.4 is 10.9 Å². The molecule has 2 N–H and O–H groups in total. The molecule has 0 aliphatic carbocycles. The minimum atomic E-state index is -0.527. The van der Waals surface area contributed by atoms with Gasteiger partial charge in [0.15, 0.2) is 0 Å². The molecule has 0 unspecified atom stereocenters. The largest absolute Gasteiger partial charge is 0.444 e. The first-order valence-corrected chi connectivity index (χ1v) is 9.55. The molecule has 2 amide bonds. The Morgan fingerprint density at radius 3 is 2.50 bits per heavy atom. The lowest BCUT2D eigenvalue weighted by Crippen LogP contribution is -2.43. The molecule has 0 atom stereocenters. The number of hydrogen-bond donors (Lipinski definition) is 2. The summed E-state index contributed by atoms with van der Waals surface area (Å²) < 4.78 is 5.38.